The van der Waals surface area contributed by atoms with Crippen LogP contribution in [0.1, 0.15) is 22.3 Å². The van der Waals surface area contributed by atoms with Gasteiger partial charge in [0.1, 0.15) is 0 Å². The van der Waals surface area contributed by atoms with Gasteiger partial charge in [-0.3, -0.25) is 4.79 Å². The number of aliphatic hydroxyl groups is 1. The van der Waals surface area contributed by atoms with Crippen molar-refractivity contribution in [3.63, 3.8) is 0 Å². The zero-order valence-corrected chi connectivity index (χ0v) is 9.70. The average molecular weight is 240 g/mol. The fraction of sp³-hybridized carbons (Fsp3) is 0.417. The minimum absolute atomic E-state index is 0.0252. The highest BCUT2D eigenvalue weighted by Crippen LogP contribution is 2.22. The summed E-state index contributed by atoms with van der Waals surface area (Å²) >= 11 is 5.88. The first-order valence-corrected chi connectivity index (χ1v) is 5.78. The molecule has 0 bridgehead atoms. The van der Waals surface area contributed by atoms with Gasteiger partial charge in [-0.1, -0.05) is 17.7 Å². The maximum atomic E-state index is 12.1. The molecule has 1 N–H and O–H groups in total. The van der Waals surface area contributed by atoms with E-state index in [0.717, 1.165) is 18.5 Å². The van der Waals surface area contributed by atoms with Crippen molar-refractivity contribution in [3.8, 4) is 0 Å². The summed E-state index contributed by atoms with van der Waals surface area (Å²) in [5.41, 5.74) is 1.77. The molecule has 86 valence electrons. The monoisotopic (exact) mass is 239 g/mol. The first-order chi connectivity index (χ1) is 7.72. The van der Waals surface area contributed by atoms with Crippen LogP contribution < -0.4 is 0 Å². The van der Waals surface area contributed by atoms with E-state index < -0.39 is 0 Å². The van der Waals surface area contributed by atoms with Crippen LogP contribution in [0.5, 0.6) is 0 Å². The summed E-state index contributed by atoms with van der Waals surface area (Å²) in [6.45, 7) is 1.46. The third kappa shape index (κ3) is 2.20. The Kier molecular flexibility index (Phi) is 3.46. The lowest BCUT2D eigenvalue weighted by molar-refractivity contribution is 0.0729. The molecule has 1 aliphatic heterocycles. The number of carbonyl (C=O) groups excluding carboxylic acids is 1. The van der Waals surface area contributed by atoms with E-state index in [9.17, 15) is 4.79 Å². The lowest BCUT2D eigenvalue weighted by Crippen LogP contribution is -2.38. The van der Waals surface area contributed by atoms with Crippen molar-refractivity contribution in [3.05, 3.63) is 34.3 Å². The molecule has 1 heterocycles. The van der Waals surface area contributed by atoms with Crippen molar-refractivity contribution in [1.82, 2.24) is 4.90 Å². The van der Waals surface area contributed by atoms with Crippen LogP contribution >= 0.6 is 11.6 Å². The smallest absolute Gasteiger partial charge is 0.254 e. The minimum atomic E-state index is 0.0252. The van der Waals surface area contributed by atoms with Gasteiger partial charge in [-0.15, -0.1) is 0 Å². The SMILES string of the molecule is O=C1c2cc(Cl)ccc2CCN1CCCO. The molecular weight excluding hydrogens is 226 g/mol. The number of hydrogen-bond donors (Lipinski definition) is 1. The van der Waals surface area contributed by atoms with Crippen LogP contribution in [0.2, 0.25) is 5.02 Å². The Hall–Kier alpha value is -1.06. The van der Waals surface area contributed by atoms with Crippen molar-refractivity contribution in [2.45, 2.75) is 12.8 Å². The highest BCUT2D eigenvalue weighted by Gasteiger charge is 2.23. The zero-order chi connectivity index (χ0) is 11.5. The van der Waals surface area contributed by atoms with Crippen LogP contribution in [-0.2, 0) is 6.42 Å². The number of halogens is 1. The van der Waals surface area contributed by atoms with Gasteiger partial charge < -0.3 is 10.0 Å². The van der Waals surface area contributed by atoms with Crippen LogP contribution in [0, 0.1) is 0 Å². The molecule has 3 nitrogen and oxygen atoms in total. The van der Waals surface area contributed by atoms with Gasteiger partial charge in [-0.2, -0.15) is 0 Å². The summed E-state index contributed by atoms with van der Waals surface area (Å²) in [6, 6.07) is 5.46. The average Bonchev–Trinajstić information content (AvgIpc) is 2.29. The molecule has 0 atom stereocenters. The molecule has 2 rings (SSSR count). The maximum absolute atomic E-state index is 12.1. The molecule has 0 radical (unpaired) electrons. The lowest BCUT2D eigenvalue weighted by Gasteiger charge is -2.28. The van der Waals surface area contributed by atoms with Gasteiger partial charge >= 0.3 is 0 Å². The number of amides is 1. The van der Waals surface area contributed by atoms with Crippen LogP contribution in [0.25, 0.3) is 0 Å². The van der Waals surface area contributed by atoms with Crippen LogP contribution in [-0.4, -0.2) is 35.6 Å². The van der Waals surface area contributed by atoms with Gasteiger partial charge in [0.2, 0.25) is 0 Å². The van der Waals surface area contributed by atoms with E-state index in [4.69, 9.17) is 16.7 Å². The lowest BCUT2D eigenvalue weighted by atomic mass is 9.99. The van der Waals surface area contributed by atoms with Gasteiger partial charge in [0.15, 0.2) is 0 Å². The van der Waals surface area contributed by atoms with E-state index >= 15 is 0 Å². The van der Waals surface area contributed by atoms with Crippen molar-refractivity contribution >= 4 is 17.5 Å². The van der Waals surface area contributed by atoms with Crippen molar-refractivity contribution in [2.75, 3.05) is 19.7 Å². The maximum Gasteiger partial charge on any atom is 0.254 e. The summed E-state index contributed by atoms with van der Waals surface area (Å²) < 4.78 is 0. The fourth-order valence-electron chi connectivity index (χ4n) is 1.97. The number of fused-ring (bicyclic) bond motifs is 1. The molecule has 0 saturated heterocycles. The summed E-state index contributed by atoms with van der Waals surface area (Å²) in [4.78, 5) is 13.8. The number of aliphatic hydroxyl groups excluding tert-OH is 1. The topological polar surface area (TPSA) is 40.5 Å². The molecule has 0 aliphatic carbocycles. The first kappa shape index (κ1) is 11.4. The molecule has 16 heavy (non-hydrogen) atoms. The van der Waals surface area contributed by atoms with Gasteiger partial charge in [0.05, 0.1) is 0 Å². The standard InChI is InChI=1S/C12H14ClNO2/c13-10-3-2-9-4-6-14(5-1-7-15)12(16)11(9)8-10/h2-3,8,15H,1,4-7H2. The van der Waals surface area contributed by atoms with Crippen LogP contribution in [0.3, 0.4) is 0 Å². The van der Waals surface area contributed by atoms with E-state index in [0.29, 0.717) is 23.6 Å². The molecule has 1 aromatic carbocycles. The number of rotatable bonds is 3. The second kappa shape index (κ2) is 4.85. The predicted molar refractivity (Wildman–Crippen MR) is 62.8 cm³/mol. The molecule has 0 fully saturated rings. The van der Waals surface area contributed by atoms with Crippen molar-refractivity contribution in [1.29, 1.82) is 0 Å². The predicted octanol–water partition coefficient (Wildman–Crippen LogP) is 1.72. The molecular formula is C12H14ClNO2. The van der Waals surface area contributed by atoms with Crippen molar-refractivity contribution < 1.29 is 9.90 Å². The summed E-state index contributed by atoms with van der Waals surface area (Å²) in [5.74, 6) is 0.0252. The fourth-order valence-corrected chi connectivity index (χ4v) is 2.14. The largest absolute Gasteiger partial charge is 0.396 e. The molecule has 0 saturated carbocycles. The van der Waals surface area contributed by atoms with Gasteiger partial charge in [0.25, 0.3) is 5.91 Å². The van der Waals surface area contributed by atoms with E-state index in [-0.39, 0.29) is 12.5 Å². The third-order valence-corrected chi connectivity index (χ3v) is 3.06. The summed E-state index contributed by atoms with van der Waals surface area (Å²) in [5, 5.41) is 9.36. The molecule has 1 aromatic rings. The molecule has 1 aliphatic rings. The van der Waals surface area contributed by atoms with Crippen LogP contribution in [0.4, 0.5) is 0 Å². The molecule has 4 heteroatoms. The molecule has 1 amide bonds. The number of benzene rings is 1. The second-order valence-corrected chi connectivity index (χ2v) is 4.36. The van der Waals surface area contributed by atoms with Crippen LogP contribution in [0.15, 0.2) is 18.2 Å². The van der Waals surface area contributed by atoms with Gasteiger partial charge in [-0.05, 0) is 30.5 Å². The highest BCUT2D eigenvalue weighted by molar-refractivity contribution is 6.31. The van der Waals surface area contributed by atoms with E-state index in [1.807, 2.05) is 12.1 Å². The van der Waals surface area contributed by atoms with E-state index in [1.54, 1.807) is 11.0 Å². The second-order valence-electron chi connectivity index (χ2n) is 3.92. The normalized spacial score (nSPS) is 15.1. The number of carbonyl (C=O) groups is 1. The Morgan fingerprint density at radius 1 is 1.44 bits per heavy atom. The first-order valence-electron chi connectivity index (χ1n) is 5.41. The quantitative estimate of drug-likeness (QED) is 0.873. The third-order valence-electron chi connectivity index (χ3n) is 2.83. The Morgan fingerprint density at radius 2 is 2.25 bits per heavy atom. The van der Waals surface area contributed by atoms with E-state index in [2.05, 4.69) is 0 Å². The van der Waals surface area contributed by atoms with Gasteiger partial charge in [0, 0.05) is 30.3 Å². The Bertz CT molecular complexity index is 406. The highest BCUT2D eigenvalue weighted by atomic mass is 35.5. The molecule has 0 unspecified atom stereocenters. The Morgan fingerprint density at radius 3 is 3.00 bits per heavy atom. The number of nitrogens with zero attached hydrogens (tertiary/aromatic N) is 1. The summed E-state index contributed by atoms with van der Waals surface area (Å²) in [6.07, 6.45) is 1.49. The Labute approximate surface area is 99.6 Å². The van der Waals surface area contributed by atoms with E-state index in [1.165, 1.54) is 0 Å². The summed E-state index contributed by atoms with van der Waals surface area (Å²) in [7, 11) is 0. The minimum Gasteiger partial charge on any atom is -0.396 e. The Balaban J connectivity index is 2.20. The number of hydrogen-bond acceptors (Lipinski definition) is 2. The zero-order valence-electron chi connectivity index (χ0n) is 8.95. The molecule has 0 spiro atoms. The van der Waals surface area contributed by atoms with Crippen molar-refractivity contribution in [2.24, 2.45) is 0 Å². The molecule has 0 aromatic heterocycles. The van der Waals surface area contributed by atoms with Gasteiger partial charge in [-0.25, -0.2) is 0 Å².